The van der Waals surface area contributed by atoms with E-state index in [1.807, 2.05) is 11.4 Å². The molecule has 56 valence electrons. The molecule has 0 aromatic heterocycles. The van der Waals surface area contributed by atoms with Gasteiger partial charge in [0.05, 0.1) is 0 Å². The van der Waals surface area contributed by atoms with Crippen LogP contribution in [0.15, 0.2) is 0 Å². The van der Waals surface area contributed by atoms with Gasteiger partial charge in [0.25, 0.3) is 0 Å². The first-order valence-electron chi connectivity index (χ1n) is 3.29. The second-order valence-electron chi connectivity index (χ2n) is 1.96. The minimum Gasteiger partial charge on any atom is -0.118 e. The normalized spacial score (nSPS) is 13.7. The molecule has 0 N–H and O–H groups in total. The summed E-state index contributed by atoms with van der Waals surface area (Å²) in [5, 5.41) is 0. The minimum absolute atomic E-state index is 0.228. The van der Waals surface area contributed by atoms with Crippen LogP contribution in [0.3, 0.4) is 0 Å². The van der Waals surface area contributed by atoms with Crippen LogP contribution in [0.2, 0.25) is 0 Å². The second kappa shape index (κ2) is 7.18. The monoisotopic (exact) mass is 184 g/mol. The molecule has 0 aliphatic heterocycles. The van der Waals surface area contributed by atoms with Crippen LogP contribution in [0.1, 0.15) is 26.2 Å². The number of unbranched alkanes of at least 4 members (excludes halogenated alkanes) is 2. The van der Waals surface area contributed by atoms with Crippen LogP contribution in [0.5, 0.6) is 0 Å². The van der Waals surface area contributed by atoms with Crippen LogP contribution in [0.4, 0.5) is 0 Å². The molecule has 0 aliphatic carbocycles. The Morgan fingerprint density at radius 1 is 1.44 bits per heavy atom. The average Bonchev–Trinajstić information content (AvgIpc) is 1.80. The Bertz CT molecular complexity index is 59.0. The molecule has 0 saturated carbocycles. The van der Waals surface area contributed by atoms with Gasteiger partial charge in [0, 0.05) is 6.48 Å². The lowest BCUT2D eigenvalue weighted by Gasteiger charge is -2.00. The molecule has 0 aliphatic rings. The maximum Gasteiger partial charge on any atom is 0.0461 e. The molecule has 0 amide bonds. The Balaban J connectivity index is 2.75. The minimum atomic E-state index is -0.228. The van der Waals surface area contributed by atoms with E-state index in [2.05, 4.69) is 13.6 Å². The highest BCUT2D eigenvalue weighted by Gasteiger charge is 1.93. The Labute approximate surface area is 68.0 Å². The van der Waals surface area contributed by atoms with E-state index in [4.69, 9.17) is 11.2 Å². The van der Waals surface area contributed by atoms with Crippen LogP contribution < -0.4 is 0 Å². The molecule has 0 nitrogen and oxygen atoms in total. The van der Waals surface area contributed by atoms with Gasteiger partial charge < -0.3 is 0 Å². The number of rotatable bonds is 5. The summed E-state index contributed by atoms with van der Waals surface area (Å²) in [6.07, 6.45) is 4.00. The van der Waals surface area contributed by atoms with Gasteiger partial charge in [-0.2, -0.15) is 0 Å². The Hall–Kier alpha value is 1.07. The molecule has 0 aromatic carbocycles. The fourth-order valence-corrected chi connectivity index (χ4v) is 2.89. The van der Waals surface area contributed by atoms with Crippen molar-refractivity contribution in [2.45, 2.75) is 26.2 Å². The highest BCUT2D eigenvalue weighted by Crippen LogP contribution is 2.50. The van der Waals surface area contributed by atoms with Gasteiger partial charge in [-0.15, -0.1) is 11.4 Å². The molecule has 9 heavy (non-hydrogen) atoms. The van der Waals surface area contributed by atoms with Gasteiger partial charge in [-0.3, -0.25) is 0 Å². The van der Waals surface area contributed by atoms with Gasteiger partial charge in [0.15, 0.2) is 0 Å². The van der Waals surface area contributed by atoms with Crippen LogP contribution in [0.25, 0.3) is 0 Å². The van der Waals surface area contributed by atoms with Crippen LogP contribution in [0, 0.1) is 0 Å². The molecule has 0 aromatic rings. The molecular formula is C6H14ClPS. The molecule has 0 saturated heterocycles. The van der Waals surface area contributed by atoms with E-state index in [-0.39, 0.29) is 6.48 Å². The summed E-state index contributed by atoms with van der Waals surface area (Å²) in [5.41, 5.74) is 0. The van der Waals surface area contributed by atoms with Crippen molar-refractivity contribution >= 4 is 29.1 Å². The van der Waals surface area contributed by atoms with Crippen molar-refractivity contribution in [3.63, 3.8) is 0 Å². The SMILES string of the molecule is CCCCCSP(C)Cl. The summed E-state index contributed by atoms with van der Waals surface area (Å²) in [6, 6.07) is 0. The zero-order chi connectivity index (χ0) is 7.11. The van der Waals surface area contributed by atoms with Crippen LogP contribution in [-0.4, -0.2) is 12.4 Å². The van der Waals surface area contributed by atoms with Crippen molar-refractivity contribution in [3.05, 3.63) is 0 Å². The lowest BCUT2D eigenvalue weighted by molar-refractivity contribution is 0.779. The average molecular weight is 185 g/mol. The molecular weight excluding hydrogens is 171 g/mol. The van der Waals surface area contributed by atoms with Gasteiger partial charge >= 0.3 is 0 Å². The summed E-state index contributed by atoms with van der Waals surface area (Å²) >= 11 is 7.69. The first-order chi connectivity index (χ1) is 4.27. The van der Waals surface area contributed by atoms with E-state index < -0.39 is 0 Å². The molecule has 0 rings (SSSR count). The standard InChI is InChI=1S/C6H14ClPS/c1-3-4-5-6-9-8(2)7/h3-6H2,1-2H3. The second-order valence-corrected chi connectivity index (χ2v) is 8.01. The van der Waals surface area contributed by atoms with Crippen molar-refractivity contribution in [1.29, 1.82) is 0 Å². The zero-order valence-corrected chi connectivity index (χ0v) is 8.53. The van der Waals surface area contributed by atoms with Crippen molar-refractivity contribution in [2.75, 3.05) is 12.4 Å². The third-order valence-corrected chi connectivity index (χ3v) is 4.34. The first kappa shape index (κ1) is 10.1. The molecule has 0 heterocycles. The van der Waals surface area contributed by atoms with Crippen molar-refractivity contribution < 1.29 is 0 Å². The number of hydrogen-bond donors (Lipinski definition) is 0. The summed E-state index contributed by atoms with van der Waals surface area (Å²) in [5.74, 6) is 1.25. The fraction of sp³-hybridized carbons (Fsp3) is 1.00. The highest BCUT2D eigenvalue weighted by molar-refractivity contribution is 8.62. The topological polar surface area (TPSA) is 0 Å². The smallest absolute Gasteiger partial charge is 0.0461 e. The summed E-state index contributed by atoms with van der Waals surface area (Å²) < 4.78 is 0. The van der Waals surface area contributed by atoms with Crippen molar-refractivity contribution in [2.24, 2.45) is 0 Å². The predicted molar refractivity (Wildman–Crippen MR) is 50.7 cm³/mol. The quantitative estimate of drug-likeness (QED) is 0.458. The van der Waals surface area contributed by atoms with Gasteiger partial charge in [-0.05, 0) is 18.8 Å². The third kappa shape index (κ3) is 9.07. The molecule has 0 bridgehead atoms. The summed E-state index contributed by atoms with van der Waals surface area (Å²) in [7, 11) is 0. The summed E-state index contributed by atoms with van der Waals surface area (Å²) in [6.45, 7) is 4.08. The fourth-order valence-electron chi connectivity index (χ4n) is 0.542. The van der Waals surface area contributed by atoms with Gasteiger partial charge in [-0.1, -0.05) is 31.0 Å². The largest absolute Gasteiger partial charge is 0.118 e. The maximum absolute atomic E-state index is 5.78. The summed E-state index contributed by atoms with van der Waals surface area (Å²) in [4.78, 5) is 0. The number of hydrogen-bond acceptors (Lipinski definition) is 1. The molecule has 0 fully saturated rings. The molecule has 0 radical (unpaired) electrons. The molecule has 3 heteroatoms. The van der Waals surface area contributed by atoms with E-state index in [1.165, 1.54) is 25.0 Å². The van der Waals surface area contributed by atoms with Crippen LogP contribution in [-0.2, 0) is 0 Å². The maximum atomic E-state index is 5.78. The van der Waals surface area contributed by atoms with E-state index in [0.29, 0.717) is 0 Å². The molecule has 0 spiro atoms. The van der Waals surface area contributed by atoms with Gasteiger partial charge in [-0.25, -0.2) is 0 Å². The highest BCUT2D eigenvalue weighted by atomic mass is 35.7. The van der Waals surface area contributed by atoms with Gasteiger partial charge in [0.2, 0.25) is 0 Å². The first-order valence-corrected chi connectivity index (χ1v) is 7.58. The van der Waals surface area contributed by atoms with Crippen molar-refractivity contribution in [1.82, 2.24) is 0 Å². The van der Waals surface area contributed by atoms with Crippen molar-refractivity contribution in [3.8, 4) is 0 Å². The van der Waals surface area contributed by atoms with Crippen LogP contribution >= 0.6 is 29.1 Å². The van der Waals surface area contributed by atoms with E-state index in [9.17, 15) is 0 Å². The van der Waals surface area contributed by atoms with E-state index in [1.54, 1.807) is 0 Å². The Morgan fingerprint density at radius 3 is 2.56 bits per heavy atom. The lowest BCUT2D eigenvalue weighted by Crippen LogP contribution is -1.75. The van der Waals surface area contributed by atoms with E-state index in [0.717, 1.165) is 0 Å². The Kier molecular flexibility index (Phi) is 8.03. The Morgan fingerprint density at radius 2 is 2.11 bits per heavy atom. The zero-order valence-electron chi connectivity index (χ0n) is 6.06. The third-order valence-electron chi connectivity index (χ3n) is 1.02. The predicted octanol–water partition coefficient (Wildman–Crippen LogP) is 4.09. The van der Waals surface area contributed by atoms with E-state index >= 15 is 0 Å². The van der Waals surface area contributed by atoms with Gasteiger partial charge in [0.1, 0.15) is 0 Å². The molecule has 1 atom stereocenters. The molecule has 1 unspecified atom stereocenters. The number of halogens is 1. The lowest BCUT2D eigenvalue weighted by atomic mass is 10.3.